The molecule has 1 aromatic heterocycles. The lowest BCUT2D eigenvalue weighted by atomic mass is 9.95. The van der Waals surface area contributed by atoms with E-state index in [2.05, 4.69) is 4.98 Å². The van der Waals surface area contributed by atoms with Crippen molar-refractivity contribution in [3.8, 4) is 0 Å². The predicted octanol–water partition coefficient (Wildman–Crippen LogP) is 1.10. The molecule has 0 fully saturated rings. The Kier molecular flexibility index (Phi) is 1.25. The predicted molar refractivity (Wildman–Crippen MR) is 43.6 cm³/mol. The molecule has 1 aromatic carbocycles. The molecule has 0 saturated heterocycles. The minimum atomic E-state index is -0.236. The summed E-state index contributed by atoms with van der Waals surface area (Å²) in [6, 6.07) is 5.05. The third-order valence-electron chi connectivity index (χ3n) is 1.66. The van der Waals surface area contributed by atoms with Crippen LogP contribution in [0.4, 0.5) is 4.39 Å². The molecule has 52 valence electrons. The zero-order chi connectivity index (χ0) is 7.84. The van der Waals surface area contributed by atoms with Crippen molar-refractivity contribution >= 4 is 24.2 Å². The number of halogens is 1. The first-order valence-corrected chi connectivity index (χ1v) is 3.29. The number of H-pyrrole nitrogens is 1. The maximum atomic E-state index is 12.8. The number of hydrogen-bond acceptors (Lipinski definition) is 0. The summed E-state index contributed by atoms with van der Waals surface area (Å²) in [4.78, 5) is 2.77. The lowest BCUT2D eigenvalue weighted by molar-refractivity contribution is 0.639. The van der Waals surface area contributed by atoms with Crippen molar-refractivity contribution in [3.05, 3.63) is 30.2 Å². The SMILES string of the molecule is [B]c1ccc2c(F)c[nH]c2c1. The van der Waals surface area contributed by atoms with E-state index in [4.69, 9.17) is 7.85 Å². The van der Waals surface area contributed by atoms with Gasteiger partial charge in [-0.3, -0.25) is 0 Å². The van der Waals surface area contributed by atoms with Crippen molar-refractivity contribution in [2.45, 2.75) is 0 Å². The highest BCUT2D eigenvalue weighted by Gasteiger charge is 2.00. The summed E-state index contributed by atoms with van der Waals surface area (Å²) in [5.74, 6) is -0.236. The minimum absolute atomic E-state index is 0.236. The van der Waals surface area contributed by atoms with E-state index >= 15 is 0 Å². The second-order valence-corrected chi connectivity index (χ2v) is 2.44. The Morgan fingerprint density at radius 2 is 2.18 bits per heavy atom. The van der Waals surface area contributed by atoms with Gasteiger partial charge in [-0.05, 0) is 6.07 Å². The molecule has 1 heterocycles. The Labute approximate surface area is 64.6 Å². The second-order valence-electron chi connectivity index (χ2n) is 2.44. The van der Waals surface area contributed by atoms with Crippen LogP contribution in [0.25, 0.3) is 10.9 Å². The molecule has 0 unspecified atom stereocenters. The molecule has 2 aromatic rings. The standard InChI is InChI=1S/C8H5BFN/c9-5-1-2-6-7(10)4-11-8(6)3-5/h1-4,11H. The highest BCUT2D eigenvalue weighted by molar-refractivity contribution is 6.33. The van der Waals surface area contributed by atoms with Crippen LogP contribution < -0.4 is 5.46 Å². The van der Waals surface area contributed by atoms with Crippen molar-refractivity contribution in [3.63, 3.8) is 0 Å². The molecule has 2 rings (SSSR count). The average molecular weight is 145 g/mol. The lowest BCUT2D eigenvalue weighted by Crippen LogP contribution is -1.99. The Morgan fingerprint density at radius 1 is 1.36 bits per heavy atom. The second kappa shape index (κ2) is 2.12. The number of nitrogens with one attached hydrogen (secondary N) is 1. The zero-order valence-electron chi connectivity index (χ0n) is 5.76. The smallest absolute Gasteiger partial charge is 0.148 e. The number of fused-ring (bicyclic) bond motifs is 1. The van der Waals surface area contributed by atoms with Gasteiger partial charge in [-0.25, -0.2) is 4.39 Å². The normalized spacial score (nSPS) is 10.6. The summed E-state index contributed by atoms with van der Waals surface area (Å²) in [6.45, 7) is 0. The van der Waals surface area contributed by atoms with E-state index in [1.807, 2.05) is 0 Å². The van der Waals surface area contributed by atoms with Crippen LogP contribution in [0, 0.1) is 5.82 Å². The summed E-state index contributed by atoms with van der Waals surface area (Å²) in [5, 5.41) is 0.583. The van der Waals surface area contributed by atoms with Gasteiger partial charge in [0.2, 0.25) is 0 Å². The number of hydrogen-bond donors (Lipinski definition) is 1. The van der Waals surface area contributed by atoms with Gasteiger partial charge in [0.15, 0.2) is 0 Å². The lowest BCUT2D eigenvalue weighted by Gasteiger charge is -1.91. The van der Waals surface area contributed by atoms with E-state index in [0.29, 0.717) is 10.8 Å². The fourth-order valence-corrected chi connectivity index (χ4v) is 1.11. The molecule has 0 bridgehead atoms. The summed E-state index contributed by atoms with van der Waals surface area (Å²) in [7, 11) is 5.49. The van der Waals surface area contributed by atoms with Gasteiger partial charge in [-0.2, -0.15) is 0 Å². The average Bonchev–Trinajstić information content (AvgIpc) is 2.32. The minimum Gasteiger partial charge on any atom is -0.359 e. The van der Waals surface area contributed by atoms with Gasteiger partial charge in [0.05, 0.1) is 0 Å². The maximum Gasteiger partial charge on any atom is 0.148 e. The van der Waals surface area contributed by atoms with Crippen LogP contribution in [-0.4, -0.2) is 12.8 Å². The molecule has 0 saturated carbocycles. The molecule has 0 aliphatic heterocycles. The van der Waals surface area contributed by atoms with Crippen molar-refractivity contribution in [2.75, 3.05) is 0 Å². The number of aromatic amines is 1. The van der Waals surface area contributed by atoms with Gasteiger partial charge in [-0.15, -0.1) is 0 Å². The molecule has 0 spiro atoms. The van der Waals surface area contributed by atoms with Gasteiger partial charge >= 0.3 is 0 Å². The first-order chi connectivity index (χ1) is 5.27. The van der Waals surface area contributed by atoms with E-state index in [0.717, 1.165) is 5.52 Å². The van der Waals surface area contributed by atoms with Crippen molar-refractivity contribution in [2.24, 2.45) is 0 Å². The molecule has 0 aliphatic carbocycles. The fraction of sp³-hybridized carbons (Fsp3) is 0. The van der Waals surface area contributed by atoms with Crippen LogP contribution in [0.1, 0.15) is 0 Å². The molecule has 0 aliphatic rings. The molecular formula is C8H5BFN. The first-order valence-electron chi connectivity index (χ1n) is 3.29. The summed E-state index contributed by atoms with van der Waals surface area (Å²) < 4.78 is 12.8. The van der Waals surface area contributed by atoms with E-state index in [9.17, 15) is 4.39 Å². The van der Waals surface area contributed by atoms with Crippen LogP contribution in [0.15, 0.2) is 24.4 Å². The Hall–Kier alpha value is -1.25. The maximum absolute atomic E-state index is 12.8. The van der Waals surface area contributed by atoms with E-state index in [1.165, 1.54) is 6.20 Å². The van der Waals surface area contributed by atoms with Crippen LogP contribution in [0.3, 0.4) is 0 Å². The van der Waals surface area contributed by atoms with Gasteiger partial charge in [0, 0.05) is 17.1 Å². The molecule has 1 nitrogen and oxygen atoms in total. The first kappa shape index (κ1) is 6.46. The molecule has 2 radical (unpaired) electrons. The highest BCUT2D eigenvalue weighted by atomic mass is 19.1. The summed E-state index contributed by atoms with van der Waals surface area (Å²) >= 11 is 0. The Morgan fingerprint density at radius 3 is 3.00 bits per heavy atom. The van der Waals surface area contributed by atoms with Gasteiger partial charge in [0.25, 0.3) is 0 Å². The summed E-state index contributed by atoms with van der Waals surface area (Å²) in [6.07, 6.45) is 1.32. The van der Waals surface area contributed by atoms with E-state index in [1.54, 1.807) is 18.2 Å². The summed E-state index contributed by atoms with van der Waals surface area (Å²) in [5.41, 5.74) is 1.38. The van der Waals surface area contributed by atoms with Gasteiger partial charge < -0.3 is 4.98 Å². The fourth-order valence-electron chi connectivity index (χ4n) is 1.11. The quantitative estimate of drug-likeness (QED) is 0.534. The largest absolute Gasteiger partial charge is 0.359 e. The Balaban J connectivity index is 2.86. The number of aromatic nitrogens is 1. The molecular weight excluding hydrogens is 140 g/mol. The topological polar surface area (TPSA) is 15.8 Å². The van der Waals surface area contributed by atoms with Crippen molar-refractivity contribution < 1.29 is 4.39 Å². The van der Waals surface area contributed by atoms with Crippen molar-refractivity contribution in [1.82, 2.24) is 4.98 Å². The van der Waals surface area contributed by atoms with Crippen LogP contribution >= 0.6 is 0 Å². The van der Waals surface area contributed by atoms with E-state index < -0.39 is 0 Å². The van der Waals surface area contributed by atoms with Gasteiger partial charge in [-0.1, -0.05) is 17.6 Å². The third-order valence-corrected chi connectivity index (χ3v) is 1.66. The molecule has 11 heavy (non-hydrogen) atoms. The third kappa shape index (κ3) is 0.927. The monoisotopic (exact) mass is 145 g/mol. The number of benzene rings is 1. The van der Waals surface area contributed by atoms with Gasteiger partial charge in [0.1, 0.15) is 13.7 Å². The molecule has 0 atom stereocenters. The highest BCUT2D eigenvalue weighted by Crippen LogP contribution is 2.13. The molecule has 1 N–H and O–H groups in total. The van der Waals surface area contributed by atoms with Crippen LogP contribution in [0.2, 0.25) is 0 Å². The molecule has 0 amide bonds. The molecule has 3 heteroatoms. The van der Waals surface area contributed by atoms with Crippen LogP contribution in [-0.2, 0) is 0 Å². The zero-order valence-corrected chi connectivity index (χ0v) is 5.76. The van der Waals surface area contributed by atoms with Crippen molar-refractivity contribution in [1.29, 1.82) is 0 Å². The number of rotatable bonds is 0. The van der Waals surface area contributed by atoms with E-state index in [-0.39, 0.29) is 5.82 Å². The van der Waals surface area contributed by atoms with Crippen LogP contribution in [0.5, 0.6) is 0 Å². The Bertz CT molecular complexity index is 394.